The van der Waals surface area contributed by atoms with E-state index in [1.165, 1.54) is 4.90 Å². The van der Waals surface area contributed by atoms with Crippen molar-refractivity contribution in [2.75, 3.05) is 13.2 Å². The molecular weight excluding hydrogens is 290 g/mol. The molecule has 2 amide bonds. The molecule has 5 heteroatoms. The van der Waals surface area contributed by atoms with Gasteiger partial charge in [-0.2, -0.15) is 0 Å². The summed E-state index contributed by atoms with van der Waals surface area (Å²) in [5, 5.41) is 0.591. The molecule has 1 fully saturated rings. The van der Waals surface area contributed by atoms with Crippen molar-refractivity contribution in [3.05, 3.63) is 29.3 Å². The van der Waals surface area contributed by atoms with Gasteiger partial charge in [-0.25, -0.2) is 0 Å². The van der Waals surface area contributed by atoms with Gasteiger partial charge in [0.2, 0.25) is 11.8 Å². The molecule has 1 aromatic carbocycles. The smallest absolute Gasteiger partial charge is 0.236 e. The van der Waals surface area contributed by atoms with Crippen molar-refractivity contribution in [3.63, 3.8) is 0 Å². The van der Waals surface area contributed by atoms with E-state index in [0.717, 1.165) is 0 Å². The summed E-state index contributed by atoms with van der Waals surface area (Å²) >= 11 is 5.87. The van der Waals surface area contributed by atoms with Crippen molar-refractivity contribution < 1.29 is 14.3 Å². The first-order valence-electron chi connectivity index (χ1n) is 7.08. The molecular formula is C16H20ClNO3. The van der Waals surface area contributed by atoms with Crippen LogP contribution in [0.25, 0.3) is 0 Å². The fourth-order valence-electron chi connectivity index (χ4n) is 2.40. The molecule has 0 aliphatic carbocycles. The molecule has 21 heavy (non-hydrogen) atoms. The number of carbonyl (C=O) groups excluding carboxylic acids is 2. The van der Waals surface area contributed by atoms with Crippen molar-refractivity contribution in [2.45, 2.75) is 27.2 Å². The van der Waals surface area contributed by atoms with Crippen molar-refractivity contribution >= 4 is 23.4 Å². The number of likely N-dealkylation sites (tertiary alicyclic amines) is 1. The van der Waals surface area contributed by atoms with E-state index in [0.29, 0.717) is 10.8 Å². The van der Waals surface area contributed by atoms with Crippen LogP contribution < -0.4 is 4.74 Å². The molecule has 1 aliphatic rings. The first-order chi connectivity index (χ1) is 9.84. The highest BCUT2D eigenvalue weighted by Crippen LogP contribution is 2.39. The lowest BCUT2D eigenvalue weighted by Gasteiger charge is -2.26. The maximum Gasteiger partial charge on any atom is 0.236 e. The van der Waals surface area contributed by atoms with Crippen LogP contribution in [0.5, 0.6) is 5.75 Å². The monoisotopic (exact) mass is 309 g/mol. The number of rotatable bonds is 5. The molecule has 114 valence electrons. The summed E-state index contributed by atoms with van der Waals surface area (Å²) in [6.07, 6.45) is 0.278. The van der Waals surface area contributed by atoms with E-state index in [1.807, 2.05) is 20.8 Å². The van der Waals surface area contributed by atoms with E-state index in [2.05, 4.69) is 0 Å². The lowest BCUT2D eigenvalue weighted by Crippen LogP contribution is -2.38. The summed E-state index contributed by atoms with van der Waals surface area (Å²) in [6.45, 7) is 6.34. The number of carbonyl (C=O) groups is 2. The van der Waals surface area contributed by atoms with Crippen LogP contribution in [-0.4, -0.2) is 29.9 Å². The lowest BCUT2D eigenvalue weighted by atomic mass is 9.78. The quantitative estimate of drug-likeness (QED) is 0.785. The van der Waals surface area contributed by atoms with Crippen molar-refractivity contribution in [1.82, 2.24) is 4.90 Å². The van der Waals surface area contributed by atoms with Gasteiger partial charge in [-0.05, 0) is 31.0 Å². The number of ether oxygens (including phenoxy) is 1. The highest BCUT2D eigenvalue weighted by atomic mass is 35.5. The third kappa shape index (κ3) is 3.21. The van der Waals surface area contributed by atoms with Gasteiger partial charge in [0.15, 0.2) is 0 Å². The lowest BCUT2D eigenvalue weighted by molar-refractivity contribution is -0.142. The fourth-order valence-corrected chi connectivity index (χ4v) is 2.58. The molecule has 1 atom stereocenters. The Bertz CT molecular complexity index is 558. The molecule has 1 heterocycles. The van der Waals surface area contributed by atoms with E-state index >= 15 is 0 Å². The van der Waals surface area contributed by atoms with Gasteiger partial charge >= 0.3 is 0 Å². The maximum absolute atomic E-state index is 12.4. The number of imide groups is 1. The first kappa shape index (κ1) is 15.8. The van der Waals surface area contributed by atoms with Gasteiger partial charge in [0, 0.05) is 11.4 Å². The van der Waals surface area contributed by atoms with E-state index in [1.54, 1.807) is 24.3 Å². The summed E-state index contributed by atoms with van der Waals surface area (Å²) in [7, 11) is 0. The van der Waals surface area contributed by atoms with Crippen LogP contribution in [0, 0.1) is 11.3 Å². The molecule has 0 saturated carbocycles. The number of hydrogen-bond donors (Lipinski definition) is 0. The van der Waals surface area contributed by atoms with Crippen LogP contribution in [0.1, 0.15) is 27.2 Å². The molecule has 0 N–H and O–H groups in total. The average Bonchev–Trinajstić information content (AvgIpc) is 2.63. The second-order valence-electron chi connectivity index (χ2n) is 5.91. The van der Waals surface area contributed by atoms with Crippen LogP contribution in [-0.2, 0) is 9.59 Å². The van der Waals surface area contributed by atoms with Crippen LogP contribution in [0.2, 0.25) is 5.02 Å². The van der Waals surface area contributed by atoms with Gasteiger partial charge < -0.3 is 4.74 Å². The molecule has 0 spiro atoms. The summed E-state index contributed by atoms with van der Waals surface area (Å²) in [4.78, 5) is 25.7. The minimum absolute atomic E-state index is 0.0998. The fraction of sp³-hybridized carbons (Fsp3) is 0.500. The number of halogens is 1. The van der Waals surface area contributed by atoms with Crippen LogP contribution in [0.15, 0.2) is 24.3 Å². The first-order valence-corrected chi connectivity index (χ1v) is 7.45. The normalized spacial score (nSPS) is 22.2. The molecule has 1 aromatic rings. The number of hydrogen-bond acceptors (Lipinski definition) is 3. The van der Waals surface area contributed by atoms with Gasteiger partial charge in [-0.15, -0.1) is 0 Å². The number of benzene rings is 1. The third-order valence-electron chi connectivity index (χ3n) is 4.21. The van der Waals surface area contributed by atoms with Gasteiger partial charge in [0.05, 0.1) is 12.0 Å². The topological polar surface area (TPSA) is 46.6 Å². The molecule has 4 nitrogen and oxygen atoms in total. The Morgan fingerprint density at radius 1 is 1.38 bits per heavy atom. The predicted molar refractivity (Wildman–Crippen MR) is 81.2 cm³/mol. The van der Waals surface area contributed by atoms with Gasteiger partial charge in [-0.1, -0.05) is 31.5 Å². The number of nitrogens with zero attached hydrogens (tertiary/aromatic N) is 1. The summed E-state index contributed by atoms with van der Waals surface area (Å²) < 4.78 is 5.54. The summed E-state index contributed by atoms with van der Waals surface area (Å²) in [5.41, 5.74) is -0.590. The Kier molecular flexibility index (Phi) is 4.57. The zero-order valence-electron chi connectivity index (χ0n) is 12.6. The van der Waals surface area contributed by atoms with Gasteiger partial charge in [-0.3, -0.25) is 14.5 Å². The summed E-state index contributed by atoms with van der Waals surface area (Å²) in [5.74, 6) is 0.545. The highest BCUT2D eigenvalue weighted by molar-refractivity contribution is 6.30. The van der Waals surface area contributed by atoms with Crippen LogP contribution in [0.3, 0.4) is 0 Å². The number of amides is 2. The molecule has 1 unspecified atom stereocenters. The molecule has 0 radical (unpaired) electrons. The zero-order chi connectivity index (χ0) is 15.6. The summed E-state index contributed by atoms with van der Waals surface area (Å²) in [6, 6.07) is 7.04. The minimum atomic E-state index is -0.590. The highest BCUT2D eigenvalue weighted by Gasteiger charge is 2.49. The van der Waals surface area contributed by atoms with Crippen LogP contribution >= 0.6 is 11.6 Å². The molecule has 0 bridgehead atoms. The Labute approximate surface area is 130 Å². The second kappa shape index (κ2) is 6.06. The maximum atomic E-state index is 12.4. The molecule has 1 aliphatic heterocycles. The average molecular weight is 310 g/mol. The SMILES string of the molecule is CC(C)C1(C)CC(=O)N(CCOc2cccc(Cl)c2)C1=O. The van der Waals surface area contributed by atoms with Crippen molar-refractivity contribution in [2.24, 2.45) is 11.3 Å². The van der Waals surface area contributed by atoms with Crippen molar-refractivity contribution in [1.29, 1.82) is 0 Å². The molecule has 1 saturated heterocycles. The van der Waals surface area contributed by atoms with E-state index in [9.17, 15) is 9.59 Å². The van der Waals surface area contributed by atoms with Crippen molar-refractivity contribution in [3.8, 4) is 5.75 Å². The van der Waals surface area contributed by atoms with E-state index in [-0.39, 0.29) is 37.3 Å². The van der Waals surface area contributed by atoms with Gasteiger partial charge in [0.1, 0.15) is 12.4 Å². The largest absolute Gasteiger partial charge is 0.492 e. The Hall–Kier alpha value is -1.55. The Morgan fingerprint density at radius 2 is 2.10 bits per heavy atom. The van der Waals surface area contributed by atoms with E-state index in [4.69, 9.17) is 16.3 Å². The van der Waals surface area contributed by atoms with Crippen LogP contribution in [0.4, 0.5) is 0 Å². The van der Waals surface area contributed by atoms with Gasteiger partial charge in [0.25, 0.3) is 0 Å². The second-order valence-corrected chi connectivity index (χ2v) is 6.34. The zero-order valence-corrected chi connectivity index (χ0v) is 13.3. The molecule has 2 rings (SSSR count). The van der Waals surface area contributed by atoms with E-state index < -0.39 is 5.41 Å². The predicted octanol–water partition coefficient (Wildman–Crippen LogP) is 3.14. The molecule has 0 aromatic heterocycles. The third-order valence-corrected chi connectivity index (χ3v) is 4.44. The Balaban J connectivity index is 1.95. The minimum Gasteiger partial charge on any atom is -0.492 e. The standard InChI is InChI=1S/C16H20ClNO3/c1-11(2)16(3)10-14(19)18(15(16)20)7-8-21-13-6-4-5-12(17)9-13/h4-6,9,11H,7-8,10H2,1-3H3. The Morgan fingerprint density at radius 3 is 2.67 bits per heavy atom.